The summed E-state index contributed by atoms with van der Waals surface area (Å²) in [7, 11) is -4.28. The van der Waals surface area contributed by atoms with Gasteiger partial charge < -0.3 is 0 Å². The third kappa shape index (κ3) is 3.92. The molecule has 0 saturated carbocycles. The lowest BCUT2D eigenvalue weighted by atomic mass is 9.97. The summed E-state index contributed by atoms with van der Waals surface area (Å²) in [6.45, 7) is 1.92. The third-order valence-corrected chi connectivity index (χ3v) is 5.01. The van der Waals surface area contributed by atoms with Gasteiger partial charge in [0.05, 0.1) is 0 Å². The number of halogens is 3. The van der Waals surface area contributed by atoms with Gasteiger partial charge in [0.25, 0.3) is 0 Å². The van der Waals surface area contributed by atoms with E-state index in [1.54, 1.807) is 0 Å². The van der Waals surface area contributed by atoms with Gasteiger partial charge in [-0.15, -0.1) is 0 Å². The monoisotopic (exact) mass is 343 g/mol. The second-order valence-corrected chi connectivity index (χ2v) is 6.78. The molecule has 0 heterocycles. The summed E-state index contributed by atoms with van der Waals surface area (Å²) in [5, 5.41) is 0. The molecule has 0 amide bonds. The van der Waals surface area contributed by atoms with Crippen molar-refractivity contribution in [3.63, 3.8) is 0 Å². The molecule has 23 heavy (non-hydrogen) atoms. The molecule has 124 valence electrons. The molecule has 0 saturated heterocycles. The molecule has 0 radical (unpaired) electrons. The van der Waals surface area contributed by atoms with Crippen molar-refractivity contribution in [2.75, 3.05) is 6.54 Å². The molecule has 0 aromatic heterocycles. The molecular formula is C16H16F3NO2S. The van der Waals surface area contributed by atoms with Gasteiger partial charge in [-0.05, 0) is 30.0 Å². The summed E-state index contributed by atoms with van der Waals surface area (Å²) in [5.41, 5.74) is 0.934. The zero-order valence-corrected chi connectivity index (χ0v) is 13.2. The van der Waals surface area contributed by atoms with E-state index in [0.29, 0.717) is 18.6 Å². The molecule has 0 bridgehead atoms. The Bertz CT molecular complexity index is 779. The van der Waals surface area contributed by atoms with Crippen molar-refractivity contribution in [1.82, 2.24) is 4.72 Å². The largest absolute Gasteiger partial charge is 0.243 e. The molecule has 1 atom stereocenters. The molecule has 2 aromatic rings. The van der Waals surface area contributed by atoms with E-state index in [1.165, 1.54) is 0 Å². The third-order valence-electron chi connectivity index (χ3n) is 3.57. The van der Waals surface area contributed by atoms with E-state index in [-0.39, 0.29) is 12.5 Å². The second-order valence-electron chi connectivity index (χ2n) is 5.04. The summed E-state index contributed by atoms with van der Waals surface area (Å²) in [6, 6.07) is 10.5. The summed E-state index contributed by atoms with van der Waals surface area (Å²) in [4.78, 5) is -0.903. The zero-order chi connectivity index (χ0) is 17.0. The van der Waals surface area contributed by atoms with Crippen molar-refractivity contribution in [2.24, 2.45) is 0 Å². The van der Waals surface area contributed by atoms with E-state index in [9.17, 15) is 21.6 Å². The van der Waals surface area contributed by atoms with Crippen LogP contribution in [0.1, 0.15) is 24.8 Å². The van der Waals surface area contributed by atoms with E-state index < -0.39 is 32.4 Å². The Hall–Kier alpha value is -1.86. The number of benzene rings is 2. The molecule has 0 spiro atoms. The minimum atomic E-state index is -4.28. The van der Waals surface area contributed by atoms with Crippen LogP contribution in [0.3, 0.4) is 0 Å². The van der Waals surface area contributed by atoms with Gasteiger partial charge in [0.1, 0.15) is 4.90 Å². The van der Waals surface area contributed by atoms with Gasteiger partial charge in [0.2, 0.25) is 10.0 Å². The van der Waals surface area contributed by atoms with Gasteiger partial charge in [0, 0.05) is 6.54 Å². The van der Waals surface area contributed by atoms with Crippen molar-refractivity contribution in [3.05, 3.63) is 65.5 Å². The first-order valence-electron chi connectivity index (χ1n) is 7.05. The molecule has 0 aliphatic carbocycles. The van der Waals surface area contributed by atoms with Crippen LogP contribution in [0.5, 0.6) is 0 Å². The standard InChI is InChI=1S/C16H16F3NO2S/c1-2-11(12-6-4-3-5-7-12)10-20-23(21,22)14-9-8-13(17)15(18)16(14)19/h3-9,11,20H,2,10H2,1H3. The highest BCUT2D eigenvalue weighted by atomic mass is 32.2. The highest BCUT2D eigenvalue weighted by Gasteiger charge is 2.24. The topological polar surface area (TPSA) is 46.2 Å². The Morgan fingerprint density at radius 1 is 1.00 bits per heavy atom. The number of rotatable bonds is 6. The van der Waals surface area contributed by atoms with Crippen molar-refractivity contribution >= 4 is 10.0 Å². The fraction of sp³-hybridized carbons (Fsp3) is 0.250. The Kier molecular flexibility index (Phi) is 5.43. The summed E-state index contributed by atoms with van der Waals surface area (Å²) >= 11 is 0. The number of hydrogen-bond donors (Lipinski definition) is 1. The van der Waals surface area contributed by atoms with Gasteiger partial charge in [-0.2, -0.15) is 0 Å². The van der Waals surface area contributed by atoms with Crippen LogP contribution < -0.4 is 4.72 Å². The van der Waals surface area contributed by atoms with E-state index in [4.69, 9.17) is 0 Å². The average molecular weight is 343 g/mol. The Balaban J connectivity index is 2.20. The van der Waals surface area contributed by atoms with Crippen molar-refractivity contribution in [1.29, 1.82) is 0 Å². The first-order chi connectivity index (χ1) is 10.9. The van der Waals surface area contributed by atoms with Crippen LogP contribution in [0.4, 0.5) is 13.2 Å². The molecule has 1 unspecified atom stereocenters. The lowest BCUT2D eigenvalue weighted by Crippen LogP contribution is -2.29. The Morgan fingerprint density at radius 3 is 2.26 bits per heavy atom. The maximum Gasteiger partial charge on any atom is 0.243 e. The summed E-state index contributed by atoms with van der Waals surface area (Å²) in [6.07, 6.45) is 0.660. The van der Waals surface area contributed by atoms with E-state index in [2.05, 4.69) is 4.72 Å². The minimum Gasteiger partial charge on any atom is -0.210 e. The fourth-order valence-corrected chi connectivity index (χ4v) is 3.38. The van der Waals surface area contributed by atoms with Crippen molar-refractivity contribution < 1.29 is 21.6 Å². The van der Waals surface area contributed by atoms with Crippen molar-refractivity contribution in [3.8, 4) is 0 Å². The van der Waals surface area contributed by atoms with Gasteiger partial charge in [-0.25, -0.2) is 26.3 Å². The van der Waals surface area contributed by atoms with E-state index in [1.807, 2.05) is 37.3 Å². The van der Waals surface area contributed by atoms with Crippen LogP contribution >= 0.6 is 0 Å². The summed E-state index contributed by atoms with van der Waals surface area (Å²) in [5.74, 6) is -5.07. The Morgan fingerprint density at radius 2 is 1.65 bits per heavy atom. The quantitative estimate of drug-likeness (QED) is 0.815. The molecule has 7 heteroatoms. The van der Waals surface area contributed by atoms with Gasteiger partial charge >= 0.3 is 0 Å². The predicted octanol–water partition coefficient (Wildman–Crippen LogP) is 3.58. The lowest BCUT2D eigenvalue weighted by Gasteiger charge is -2.16. The van der Waals surface area contributed by atoms with Crippen LogP contribution in [-0.4, -0.2) is 15.0 Å². The second kappa shape index (κ2) is 7.14. The molecule has 2 rings (SSSR count). The number of hydrogen-bond acceptors (Lipinski definition) is 2. The molecule has 0 fully saturated rings. The van der Waals surface area contributed by atoms with Crippen LogP contribution in [-0.2, 0) is 10.0 Å². The Labute approximate surface area is 133 Å². The normalized spacial score (nSPS) is 13.0. The maximum atomic E-state index is 13.7. The fourth-order valence-electron chi connectivity index (χ4n) is 2.23. The molecule has 0 aliphatic heterocycles. The lowest BCUT2D eigenvalue weighted by molar-refractivity contribution is 0.431. The molecule has 1 N–H and O–H groups in total. The van der Waals surface area contributed by atoms with Gasteiger partial charge in [0.15, 0.2) is 17.5 Å². The highest BCUT2D eigenvalue weighted by Crippen LogP contribution is 2.22. The maximum absolute atomic E-state index is 13.7. The average Bonchev–Trinajstić information content (AvgIpc) is 2.54. The minimum absolute atomic E-state index is 0.0290. The van der Waals surface area contributed by atoms with E-state index in [0.717, 1.165) is 5.56 Å². The molecule has 2 aromatic carbocycles. The van der Waals surface area contributed by atoms with Crippen LogP contribution in [0.15, 0.2) is 47.4 Å². The number of nitrogens with one attached hydrogen (secondary N) is 1. The van der Waals surface area contributed by atoms with Gasteiger partial charge in [-0.1, -0.05) is 37.3 Å². The van der Waals surface area contributed by atoms with Crippen LogP contribution in [0, 0.1) is 17.5 Å². The van der Waals surface area contributed by atoms with Crippen molar-refractivity contribution in [2.45, 2.75) is 24.2 Å². The summed E-state index contributed by atoms with van der Waals surface area (Å²) < 4.78 is 66.3. The highest BCUT2D eigenvalue weighted by molar-refractivity contribution is 7.89. The first-order valence-corrected chi connectivity index (χ1v) is 8.53. The number of sulfonamides is 1. The zero-order valence-electron chi connectivity index (χ0n) is 12.4. The molecular weight excluding hydrogens is 327 g/mol. The SMILES string of the molecule is CCC(CNS(=O)(=O)c1ccc(F)c(F)c1F)c1ccccc1. The van der Waals surface area contributed by atoms with Gasteiger partial charge in [-0.3, -0.25) is 0 Å². The van der Waals surface area contributed by atoms with Crippen LogP contribution in [0.2, 0.25) is 0 Å². The molecule has 0 aliphatic rings. The molecule has 3 nitrogen and oxygen atoms in total. The van der Waals surface area contributed by atoms with E-state index >= 15 is 0 Å². The predicted molar refractivity (Wildman–Crippen MR) is 81.0 cm³/mol. The van der Waals surface area contributed by atoms with Crippen LogP contribution in [0.25, 0.3) is 0 Å². The first kappa shape index (κ1) is 17.5. The smallest absolute Gasteiger partial charge is 0.210 e.